The quantitative estimate of drug-likeness (QED) is 0.388. The fourth-order valence-electron chi connectivity index (χ4n) is 4.10. The molecule has 4 aromatic heterocycles. The summed E-state index contributed by atoms with van der Waals surface area (Å²) in [6, 6.07) is 14.9. The van der Waals surface area contributed by atoms with Gasteiger partial charge in [0.1, 0.15) is 17.2 Å². The van der Waals surface area contributed by atoms with Gasteiger partial charge in [-0.25, -0.2) is 0 Å². The molecule has 6 heterocycles. The van der Waals surface area contributed by atoms with Crippen molar-refractivity contribution in [1.82, 2.24) is 24.0 Å². The highest BCUT2D eigenvalue weighted by molar-refractivity contribution is 5.85. The molecule has 0 aliphatic carbocycles. The molecule has 34 heavy (non-hydrogen) atoms. The summed E-state index contributed by atoms with van der Waals surface area (Å²) in [5.74, 6) is 0.410. The van der Waals surface area contributed by atoms with Gasteiger partial charge < -0.3 is 19.0 Å². The lowest BCUT2D eigenvalue weighted by molar-refractivity contribution is 0.473. The number of rotatable bonds is 4. The number of nitrogens with zero attached hydrogens (tertiary/aromatic N) is 5. The molecule has 2 N–H and O–H groups in total. The lowest BCUT2D eigenvalue weighted by Crippen LogP contribution is -1.85. The fourth-order valence-corrected chi connectivity index (χ4v) is 4.10. The van der Waals surface area contributed by atoms with Gasteiger partial charge in [0.05, 0.1) is 28.6 Å². The Hall–Kier alpha value is -4.91. The predicted molar refractivity (Wildman–Crippen MR) is 132 cm³/mol. The Kier molecular flexibility index (Phi) is 4.59. The monoisotopic (exact) mass is 445 g/mol. The largest absolute Gasteiger partial charge is 0.507 e. The number of fused-ring (bicyclic) bond motifs is 3. The van der Waals surface area contributed by atoms with Gasteiger partial charge in [-0.05, 0) is 72.8 Å². The van der Waals surface area contributed by atoms with Gasteiger partial charge in [0.2, 0.25) is 0 Å². The normalized spacial score (nSPS) is 12.1. The van der Waals surface area contributed by atoms with Crippen molar-refractivity contribution >= 4 is 35.3 Å². The summed E-state index contributed by atoms with van der Waals surface area (Å²) in [6.07, 6.45) is 16.6. The molecule has 2 aliphatic heterocycles. The van der Waals surface area contributed by atoms with Crippen molar-refractivity contribution in [1.29, 1.82) is 0 Å². The van der Waals surface area contributed by atoms with Gasteiger partial charge in [-0.15, -0.1) is 10.2 Å². The molecule has 6 rings (SSSR count). The van der Waals surface area contributed by atoms with E-state index in [1.807, 2.05) is 94.3 Å². The molecule has 2 aliphatic rings. The van der Waals surface area contributed by atoms with Crippen LogP contribution in [0.2, 0.25) is 0 Å². The molecule has 0 fully saturated rings. The second-order valence-electron chi connectivity index (χ2n) is 7.90. The maximum Gasteiger partial charge on any atom is 0.126 e. The van der Waals surface area contributed by atoms with Crippen LogP contribution < -0.4 is 0 Å². The van der Waals surface area contributed by atoms with Crippen molar-refractivity contribution in [3.8, 4) is 22.8 Å². The highest BCUT2D eigenvalue weighted by atomic mass is 16.3. The molecule has 0 amide bonds. The standard InChI is InChI=1S/C27H19N5O2/c33-26-11-15-31-13-1-3-24(31)20(26)8-6-18-5-7-19-22(29-30-23(19)17-28-18)10-9-21-25-4-2-14-32(25)16-12-27(21)34/h1-17,33-34H/b8-6+,10-9+. The minimum Gasteiger partial charge on any atom is -0.507 e. The molecule has 0 unspecified atom stereocenters. The topological polar surface area (TPSA) is 88.0 Å². The first-order chi connectivity index (χ1) is 16.7. The van der Waals surface area contributed by atoms with Crippen LogP contribution in [0, 0.1) is 0 Å². The summed E-state index contributed by atoms with van der Waals surface area (Å²) in [7, 11) is 0. The zero-order valence-electron chi connectivity index (χ0n) is 17.9. The van der Waals surface area contributed by atoms with Crippen LogP contribution in [0.15, 0.2) is 79.5 Å². The molecule has 4 aromatic rings. The predicted octanol–water partition coefficient (Wildman–Crippen LogP) is 5.23. The summed E-state index contributed by atoms with van der Waals surface area (Å²) in [4.78, 5) is 4.52. The summed E-state index contributed by atoms with van der Waals surface area (Å²) in [6.45, 7) is 0. The summed E-state index contributed by atoms with van der Waals surface area (Å²) in [5.41, 5.74) is 6.18. The van der Waals surface area contributed by atoms with E-state index in [1.54, 1.807) is 18.3 Å². The van der Waals surface area contributed by atoms with Gasteiger partial charge in [0, 0.05) is 41.5 Å². The van der Waals surface area contributed by atoms with E-state index >= 15 is 0 Å². The van der Waals surface area contributed by atoms with Crippen LogP contribution in [0.25, 0.3) is 46.6 Å². The van der Waals surface area contributed by atoms with Crippen LogP contribution in [0.3, 0.4) is 0 Å². The van der Waals surface area contributed by atoms with Crippen LogP contribution in [0.1, 0.15) is 22.5 Å². The van der Waals surface area contributed by atoms with Gasteiger partial charge in [0.15, 0.2) is 0 Å². The lowest BCUT2D eigenvalue weighted by atomic mass is 10.1. The molecule has 164 valence electrons. The molecular weight excluding hydrogens is 426 g/mol. The Balaban J connectivity index is 1.34. The molecule has 0 aromatic carbocycles. The van der Waals surface area contributed by atoms with Crippen LogP contribution in [0.5, 0.6) is 11.5 Å². The highest BCUT2D eigenvalue weighted by Gasteiger charge is 2.11. The number of hydrogen-bond acceptors (Lipinski definition) is 5. The van der Waals surface area contributed by atoms with Gasteiger partial charge in [-0.3, -0.25) is 4.98 Å². The number of hydrogen-bond donors (Lipinski definition) is 2. The molecule has 0 saturated heterocycles. The van der Waals surface area contributed by atoms with Gasteiger partial charge in [-0.1, -0.05) is 0 Å². The van der Waals surface area contributed by atoms with Crippen molar-refractivity contribution in [3.05, 3.63) is 102 Å². The Morgan fingerprint density at radius 1 is 0.647 bits per heavy atom. The van der Waals surface area contributed by atoms with Crippen molar-refractivity contribution < 1.29 is 10.2 Å². The van der Waals surface area contributed by atoms with E-state index in [0.29, 0.717) is 17.0 Å². The van der Waals surface area contributed by atoms with E-state index in [9.17, 15) is 10.2 Å². The van der Waals surface area contributed by atoms with Gasteiger partial charge in [-0.2, -0.15) is 0 Å². The van der Waals surface area contributed by atoms with E-state index in [1.165, 1.54) is 0 Å². The maximum atomic E-state index is 10.3. The van der Waals surface area contributed by atoms with Crippen molar-refractivity contribution in [2.75, 3.05) is 0 Å². The zero-order chi connectivity index (χ0) is 23.1. The van der Waals surface area contributed by atoms with Crippen molar-refractivity contribution in [2.24, 2.45) is 0 Å². The molecule has 0 bridgehead atoms. The SMILES string of the molecule is Oc1ccn2cccc2c1/C=C/c1ccc2c(/C=C/c3c(O)ccn4cccc34)nnc-2cn1. The smallest absolute Gasteiger partial charge is 0.126 e. The van der Waals surface area contributed by atoms with Crippen molar-refractivity contribution in [3.63, 3.8) is 0 Å². The molecular formula is C27H19N5O2. The molecule has 7 heteroatoms. The summed E-state index contributed by atoms with van der Waals surface area (Å²) >= 11 is 0. The Morgan fingerprint density at radius 2 is 1.29 bits per heavy atom. The molecule has 7 nitrogen and oxygen atoms in total. The Bertz CT molecular complexity index is 1690. The Labute approximate surface area is 194 Å². The fraction of sp³-hybridized carbons (Fsp3) is 0. The Morgan fingerprint density at radius 3 is 1.97 bits per heavy atom. The summed E-state index contributed by atoms with van der Waals surface area (Å²) in [5, 5.41) is 29.2. The van der Waals surface area contributed by atoms with E-state index in [4.69, 9.17) is 0 Å². The van der Waals surface area contributed by atoms with Gasteiger partial charge in [0.25, 0.3) is 0 Å². The van der Waals surface area contributed by atoms with E-state index in [0.717, 1.165) is 27.9 Å². The van der Waals surface area contributed by atoms with Crippen LogP contribution in [0.4, 0.5) is 0 Å². The van der Waals surface area contributed by atoms with E-state index in [2.05, 4.69) is 15.2 Å². The second kappa shape index (κ2) is 7.90. The lowest BCUT2D eigenvalue weighted by Gasteiger charge is -2.03. The molecule has 0 saturated carbocycles. The van der Waals surface area contributed by atoms with Crippen LogP contribution in [-0.2, 0) is 0 Å². The molecule has 0 radical (unpaired) electrons. The third kappa shape index (κ3) is 3.36. The number of aromatic hydroxyl groups is 2. The van der Waals surface area contributed by atoms with Crippen molar-refractivity contribution in [2.45, 2.75) is 0 Å². The van der Waals surface area contributed by atoms with Gasteiger partial charge >= 0.3 is 0 Å². The molecule has 0 spiro atoms. The van der Waals surface area contributed by atoms with Crippen LogP contribution in [-0.4, -0.2) is 34.2 Å². The number of pyridine rings is 2. The first-order valence-corrected chi connectivity index (χ1v) is 10.7. The van der Waals surface area contributed by atoms with E-state index in [-0.39, 0.29) is 11.5 Å². The average Bonchev–Trinajstić information content (AvgIpc) is 3.56. The number of aromatic nitrogens is 5. The minimum atomic E-state index is 0.201. The summed E-state index contributed by atoms with van der Waals surface area (Å²) < 4.78 is 3.90. The minimum absolute atomic E-state index is 0.201. The third-order valence-electron chi connectivity index (χ3n) is 5.85. The first-order valence-electron chi connectivity index (χ1n) is 10.7. The van der Waals surface area contributed by atoms with E-state index < -0.39 is 0 Å². The van der Waals surface area contributed by atoms with Crippen LogP contribution >= 0.6 is 0 Å². The average molecular weight is 445 g/mol. The zero-order valence-corrected chi connectivity index (χ0v) is 17.9. The highest BCUT2D eigenvalue weighted by Crippen LogP contribution is 2.28. The second-order valence-corrected chi connectivity index (χ2v) is 7.90. The first kappa shape index (κ1) is 19.8. The molecule has 0 atom stereocenters. The maximum absolute atomic E-state index is 10.3. The third-order valence-corrected chi connectivity index (χ3v) is 5.85.